The standard InChI is InChI=1S/C10H12FNO2/c1-3-14-10(12)7-4-5-8(11)9(6-7)13-2/h4-6,12H,3H2,1-2H3. The Morgan fingerprint density at radius 1 is 1.50 bits per heavy atom. The second kappa shape index (κ2) is 4.60. The molecule has 0 fully saturated rings. The molecular weight excluding hydrogens is 185 g/mol. The Labute approximate surface area is 82.0 Å². The van der Waals surface area contributed by atoms with Gasteiger partial charge in [-0.25, -0.2) is 4.39 Å². The average molecular weight is 197 g/mol. The number of hydrogen-bond donors (Lipinski definition) is 1. The van der Waals surface area contributed by atoms with Crippen LogP contribution in [0.3, 0.4) is 0 Å². The first kappa shape index (κ1) is 10.5. The van der Waals surface area contributed by atoms with Crippen molar-refractivity contribution in [1.82, 2.24) is 0 Å². The topological polar surface area (TPSA) is 42.3 Å². The first-order valence-corrected chi connectivity index (χ1v) is 4.24. The zero-order valence-electron chi connectivity index (χ0n) is 8.13. The Balaban J connectivity index is 2.94. The molecule has 0 aliphatic carbocycles. The van der Waals surface area contributed by atoms with Crippen molar-refractivity contribution in [3.05, 3.63) is 29.6 Å². The highest BCUT2D eigenvalue weighted by Gasteiger charge is 2.07. The van der Waals surface area contributed by atoms with E-state index in [9.17, 15) is 4.39 Å². The largest absolute Gasteiger partial charge is 0.494 e. The molecule has 1 aromatic rings. The normalized spacial score (nSPS) is 9.64. The van der Waals surface area contributed by atoms with Crippen molar-refractivity contribution in [1.29, 1.82) is 5.41 Å². The van der Waals surface area contributed by atoms with E-state index in [1.165, 1.54) is 25.3 Å². The lowest BCUT2D eigenvalue weighted by atomic mass is 10.2. The van der Waals surface area contributed by atoms with Gasteiger partial charge in [0, 0.05) is 5.56 Å². The highest BCUT2D eigenvalue weighted by atomic mass is 19.1. The highest BCUT2D eigenvalue weighted by molar-refractivity contribution is 5.91. The van der Waals surface area contributed by atoms with Gasteiger partial charge < -0.3 is 9.47 Å². The molecule has 0 saturated heterocycles. The van der Waals surface area contributed by atoms with Crippen LogP contribution in [0.2, 0.25) is 0 Å². The summed E-state index contributed by atoms with van der Waals surface area (Å²) in [5, 5.41) is 7.47. The fraction of sp³-hybridized carbons (Fsp3) is 0.300. The van der Waals surface area contributed by atoms with Crippen LogP contribution in [0.1, 0.15) is 12.5 Å². The second-order valence-electron chi connectivity index (χ2n) is 2.61. The molecule has 0 spiro atoms. The molecule has 0 unspecified atom stereocenters. The van der Waals surface area contributed by atoms with E-state index in [0.717, 1.165) is 0 Å². The van der Waals surface area contributed by atoms with E-state index < -0.39 is 5.82 Å². The van der Waals surface area contributed by atoms with Crippen LogP contribution >= 0.6 is 0 Å². The van der Waals surface area contributed by atoms with Crippen molar-refractivity contribution >= 4 is 5.90 Å². The molecule has 0 radical (unpaired) electrons. The van der Waals surface area contributed by atoms with Gasteiger partial charge in [0.2, 0.25) is 5.90 Å². The quantitative estimate of drug-likeness (QED) is 0.596. The Hall–Kier alpha value is -1.58. The van der Waals surface area contributed by atoms with E-state index in [1.54, 1.807) is 6.92 Å². The van der Waals surface area contributed by atoms with Crippen LogP contribution in [0.5, 0.6) is 5.75 Å². The Morgan fingerprint density at radius 3 is 2.79 bits per heavy atom. The van der Waals surface area contributed by atoms with Crippen LogP contribution in [0, 0.1) is 11.2 Å². The molecule has 14 heavy (non-hydrogen) atoms. The van der Waals surface area contributed by atoms with Gasteiger partial charge in [-0.3, -0.25) is 5.41 Å². The van der Waals surface area contributed by atoms with Gasteiger partial charge in [0.15, 0.2) is 11.6 Å². The molecule has 0 aromatic heterocycles. The highest BCUT2D eigenvalue weighted by Crippen LogP contribution is 2.18. The van der Waals surface area contributed by atoms with Crippen molar-refractivity contribution in [3.63, 3.8) is 0 Å². The summed E-state index contributed by atoms with van der Waals surface area (Å²) in [6.45, 7) is 2.20. The van der Waals surface area contributed by atoms with Crippen LogP contribution in [0.25, 0.3) is 0 Å². The number of methoxy groups -OCH3 is 1. The predicted octanol–water partition coefficient (Wildman–Crippen LogP) is 2.20. The summed E-state index contributed by atoms with van der Waals surface area (Å²) in [6, 6.07) is 4.17. The molecule has 0 amide bonds. The van der Waals surface area contributed by atoms with Crippen LogP contribution in [-0.4, -0.2) is 19.6 Å². The molecule has 0 heterocycles. The van der Waals surface area contributed by atoms with Gasteiger partial charge in [0.1, 0.15) is 0 Å². The molecule has 0 aliphatic rings. The summed E-state index contributed by atoms with van der Waals surface area (Å²) >= 11 is 0. The van der Waals surface area contributed by atoms with Crippen molar-refractivity contribution in [3.8, 4) is 5.75 Å². The molecule has 3 nitrogen and oxygen atoms in total. The van der Waals surface area contributed by atoms with Crippen LogP contribution < -0.4 is 4.74 Å². The van der Waals surface area contributed by atoms with Crippen LogP contribution in [0.15, 0.2) is 18.2 Å². The lowest BCUT2D eigenvalue weighted by Crippen LogP contribution is -2.05. The number of rotatable bonds is 3. The number of ether oxygens (including phenoxy) is 2. The van der Waals surface area contributed by atoms with Crippen LogP contribution in [0.4, 0.5) is 4.39 Å². The minimum absolute atomic E-state index is 0.0193. The molecule has 4 heteroatoms. The molecule has 1 rings (SSSR count). The summed E-state index contributed by atoms with van der Waals surface area (Å²) in [6.07, 6.45) is 0. The number of benzene rings is 1. The minimum atomic E-state index is -0.444. The average Bonchev–Trinajstić information content (AvgIpc) is 2.19. The third-order valence-corrected chi connectivity index (χ3v) is 1.70. The first-order chi connectivity index (χ1) is 6.69. The van der Waals surface area contributed by atoms with Crippen molar-refractivity contribution in [2.45, 2.75) is 6.92 Å². The number of nitrogens with one attached hydrogen (secondary N) is 1. The number of halogens is 1. The van der Waals surface area contributed by atoms with Gasteiger partial charge in [-0.05, 0) is 25.1 Å². The van der Waals surface area contributed by atoms with E-state index in [1.807, 2.05) is 0 Å². The van der Waals surface area contributed by atoms with Crippen LogP contribution in [-0.2, 0) is 4.74 Å². The third-order valence-electron chi connectivity index (χ3n) is 1.70. The van der Waals surface area contributed by atoms with E-state index in [2.05, 4.69) is 0 Å². The van der Waals surface area contributed by atoms with Gasteiger partial charge in [0.05, 0.1) is 13.7 Å². The van der Waals surface area contributed by atoms with E-state index >= 15 is 0 Å². The van der Waals surface area contributed by atoms with E-state index in [-0.39, 0.29) is 11.6 Å². The first-order valence-electron chi connectivity index (χ1n) is 4.24. The maximum absolute atomic E-state index is 13.0. The zero-order chi connectivity index (χ0) is 10.6. The maximum Gasteiger partial charge on any atom is 0.213 e. The lowest BCUT2D eigenvalue weighted by molar-refractivity contribution is 0.325. The molecular formula is C10H12FNO2. The summed E-state index contributed by atoms with van der Waals surface area (Å²) < 4.78 is 22.7. The maximum atomic E-state index is 13.0. The SMILES string of the molecule is CCOC(=N)c1ccc(F)c(OC)c1. The zero-order valence-corrected chi connectivity index (χ0v) is 8.13. The minimum Gasteiger partial charge on any atom is -0.494 e. The second-order valence-corrected chi connectivity index (χ2v) is 2.61. The van der Waals surface area contributed by atoms with Gasteiger partial charge in [0.25, 0.3) is 0 Å². The Morgan fingerprint density at radius 2 is 2.21 bits per heavy atom. The molecule has 0 aliphatic heterocycles. The fourth-order valence-electron chi connectivity index (χ4n) is 1.03. The van der Waals surface area contributed by atoms with E-state index in [0.29, 0.717) is 12.2 Å². The fourth-order valence-corrected chi connectivity index (χ4v) is 1.03. The smallest absolute Gasteiger partial charge is 0.213 e. The Kier molecular flexibility index (Phi) is 3.45. The lowest BCUT2D eigenvalue weighted by Gasteiger charge is -2.07. The van der Waals surface area contributed by atoms with Gasteiger partial charge in [-0.15, -0.1) is 0 Å². The van der Waals surface area contributed by atoms with Gasteiger partial charge in [-0.2, -0.15) is 0 Å². The van der Waals surface area contributed by atoms with Crippen molar-refractivity contribution in [2.24, 2.45) is 0 Å². The van der Waals surface area contributed by atoms with Gasteiger partial charge in [-0.1, -0.05) is 0 Å². The summed E-state index contributed by atoms with van der Waals surface area (Å²) in [7, 11) is 1.38. The third kappa shape index (κ3) is 2.22. The molecule has 0 saturated carbocycles. The molecule has 76 valence electrons. The monoisotopic (exact) mass is 197 g/mol. The molecule has 1 aromatic carbocycles. The molecule has 0 atom stereocenters. The van der Waals surface area contributed by atoms with E-state index in [4.69, 9.17) is 14.9 Å². The molecule has 0 bridgehead atoms. The molecule has 1 N–H and O–H groups in total. The van der Waals surface area contributed by atoms with Crippen molar-refractivity contribution in [2.75, 3.05) is 13.7 Å². The number of hydrogen-bond acceptors (Lipinski definition) is 3. The summed E-state index contributed by atoms with van der Waals surface area (Å²) in [5.41, 5.74) is 0.505. The Bertz CT molecular complexity index is 339. The predicted molar refractivity (Wildman–Crippen MR) is 51.4 cm³/mol. The summed E-state index contributed by atoms with van der Waals surface area (Å²) in [5.74, 6) is -0.307. The summed E-state index contributed by atoms with van der Waals surface area (Å²) in [4.78, 5) is 0. The van der Waals surface area contributed by atoms with Gasteiger partial charge >= 0.3 is 0 Å². The van der Waals surface area contributed by atoms with Crippen molar-refractivity contribution < 1.29 is 13.9 Å².